The standard InChI is InChI=1S/C24H38FN9O2.C17H21ClFN7O3.CH4.B/c1-7-26-22-27-11-18(25)21(29-22)28-20-17-14-34(24(4,5)19(17)30-31-20)23(35)33-13-15(2)32(12-16(33)3)9-8-10-36-6;1-5-20-15-21-7-10(19)13(23-15)22-12-9-8-25(14(18)27)17(3,4)11(9)26(24-12)16(28)29-6-2;;/h11,15-16H,7-10,12-14H2,1-6H3,(H3,26,27,28,29,30,31);7H,5-6,8H2,1-4H3,(H2,20,21,22,23,24);1H4;/t15-,16-;;;/m0.../s1. The summed E-state index contributed by atoms with van der Waals surface area (Å²) in [6.45, 7) is 22.1. The van der Waals surface area contributed by atoms with Crippen molar-refractivity contribution in [3.63, 3.8) is 0 Å². The molecule has 4 aromatic rings. The molecule has 0 aliphatic carbocycles. The first kappa shape index (κ1) is 53.7. The average molecular weight is 956 g/mol. The summed E-state index contributed by atoms with van der Waals surface area (Å²) >= 11 is 5.73. The summed E-state index contributed by atoms with van der Waals surface area (Å²) in [5.41, 5.74) is 1.06. The van der Waals surface area contributed by atoms with Crippen LogP contribution in [-0.4, -0.2) is 151 Å². The minimum atomic E-state index is -0.937. The van der Waals surface area contributed by atoms with Crippen molar-refractivity contribution < 1.29 is 32.6 Å². The Morgan fingerprint density at radius 3 is 1.99 bits per heavy atom. The lowest BCUT2D eigenvalue weighted by Crippen LogP contribution is -2.61. The fourth-order valence-corrected chi connectivity index (χ4v) is 8.57. The van der Waals surface area contributed by atoms with Gasteiger partial charge in [0.15, 0.2) is 34.9 Å². The molecule has 7 heterocycles. The topological polar surface area (TPSA) is 229 Å². The van der Waals surface area contributed by atoms with Crippen LogP contribution in [0.5, 0.6) is 0 Å². The molecule has 3 radical (unpaired) electrons. The van der Waals surface area contributed by atoms with E-state index in [4.69, 9.17) is 21.1 Å². The van der Waals surface area contributed by atoms with E-state index in [0.717, 1.165) is 54.5 Å². The molecular formula is C42H63BClF2N16O5. The van der Waals surface area contributed by atoms with Gasteiger partial charge in [-0.2, -0.15) is 19.7 Å². The Kier molecular flexibility index (Phi) is 17.9. The molecule has 25 heteroatoms. The molecule has 3 aliphatic heterocycles. The van der Waals surface area contributed by atoms with Gasteiger partial charge in [0, 0.05) is 78.1 Å². The lowest BCUT2D eigenvalue weighted by atomic mass is 10.0. The van der Waals surface area contributed by atoms with Gasteiger partial charge in [0.05, 0.1) is 54.6 Å². The number of nitrogens with zero attached hydrogens (tertiary/aromatic N) is 11. The zero-order valence-corrected chi connectivity index (χ0v) is 39.8. The highest BCUT2D eigenvalue weighted by Crippen LogP contribution is 2.44. The molecule has 1 saturated heterocycles. The fraction of sp³-hybridized carbons (Fsp3) is 0.595. The lowest BCUT2D eigenvalue weighted by molar-refractivity contribution is 0.0315. The van der Waals surface area contributed by atoms with Crippen molar-refractivity contribution >= 4 is 72.7 Å². The molecule has 1 fully saturated rings. The summed E-state index contributed by atoms with van der Waals surface area (Å²) in [6, 6.07) is 0.339. The summed E-state index contributed by atoms with van der Waals surface area (Å²) in [5.74, 6) is -0.186. The van der Waals surface area contributed by atoms with Gasteiger partial charge >= 0.3 is 17.5 Å². The fourth-order valence-electron chi connectivity index (χ4n) is 8.30. The number of hydrogen-bond donors (Lipinski definition) is 5. The predicted octanol–water partition coefficient (Wildman–Crippen LogP) is 6.77. The van der Waals surface area contributed by atoms with Crippen molar-refractivity contribution in [1.29, 1.82) is 0 Å². The number of amides is 3. The van der Waals surface area contributed by atoms with Gasteiger partial charge in [0.1, 0.15) is 0 Å². The molecule has 0 unspecified atom stereocenters. The van der Waals surface area contributed by atoms with Gasteiger partial charge in [0.25, 0.3) is 0 Å². The van der Waals surface area contributed by atoms with Crippen LogP contribution in [0.3, 0.4) is 0 Å². The Bertz CT molecular complexity index is 2370. The first-order valence-electron chi connectivity index (χ1n) is 21.6. The van der Waals surface area contributed by atoms with E-state index in [9.17, 15) is 23.2 Å². The zero-order valence-electron chi connectivity index (χ0n) is 39.1. The molecule has 0 spiro atoms. The second-order valence-electron chi connectivity index (χ2n) is 16.8. The number of aromatic amines is 1. The van der Waals surface area contributed by atoms with E-state index >= 15 is 0 Å². The monoisotopic (exact) mass is 955 g/mol. The highest BCUT2D eigenvalue weighted by atomic mass is 35.5. The Balaban J connectivity index is 0.000000290. The number of nitrogens with one attached hydrogen (secondary N) is 5. The smallest absolute Gasteiger partial charge is 0.435 e. The molecule has 7 rings (SSSR count). The van der Waals surface area contributed by atoms with Crippen LogP contribution in [-0.2, 0) is 33.6 Å². The molecule has 3 aliphatic rings. The largest absolute Gasteiger partial charge is 0.448 e. The summed E-state index contributed by atoms with van der Waals surface area (Å²) in [6.07, 6.45) is 2.40. The van der Waals surface area contributed by atoms with E-state index in [1.165, 1.54) is 4.90 Å². The normalized spacial score (nSPS) is 17.8. The number of H-pyrrole nitrogens is 1. The number of fused-ring (bicyclic) bond motifs is 2. The summed E-state index contributed by atoms with van der Waals surface area (Å²) < 4.78 is 40.0. The maximum atomic E-state index is 14.4. The van der Waals surface area contributed by atoms with Crippen molar-refractivity contribution in [2.24, 2.45) is 0 Å². The number of methoxy groups -OCH3 is 1. The van der Waals surface area contributed by atoms with E-state index in [1.54, 1.807) is 27.9 Å². The van der Waals surface area contributed by atoms with Gasteiger partial charge in [-0.1, -0.05) is 7.43 Å². The van der Waals surface area contributed by atoms with E-state index in [1.807, 2.05) is 37.5 Å². The number of carbonyl (C=O) groups excluding carboxylic acids is 3. The van der Waals surface area contributed by atoms with Crippen LogP contribution in [0.4, 0.5) is 58.3 Å². The van der Waals surface area contributed by atoms with E-state index < -0.39 is 34.2 Å². The zero-order chi connectivity index (χ0) is 47.4. The van der Waals surface area contributed by atoms with Crippen molar-refractivity contribution in [3.8, 4) is 0 Å². The minimum Gasteiger partial charge on any atom is -0.448 e. The van der Waals surface area contributed by atoms with Gasteiger partial charge in [0.2, 0.25) is 11.9 Å². The van der Waals surface area contributed by atoms with Crippen LogP contribution in [0, 0.1) is 11.6 Å². The highest BCUT2D eigenvalue weighted by Gasteiger charge is 2.48. The molecule has 21 nitrogen and oxygen atoms in total. The number of rotatable bonds is 13. The maximum absolute atomic E-state index is 14.4. The van der Waals surface area contributed by atoms with Crippen LogP contribution in [0.25, 0.3) is 0 Å². The Morgan fingerprint density at radius 1 is 0.851 bits per heavy atom. The van der Waals surface area contributed by atoms with Crippen molar-refractivity contribution in [1.82, 2.24) is 59.5 Å². The number of hydrogen-bond acceptors (Lipinski definition) is 16. The highest BCUT2D eigenvalue weighted by molar-refractivity contribution is 6.62. The third-order valence-electron chi connectivity index (χ3n) is 11.7. The molecule has 0 aromatic carbocycles. The lowest BCUT2D eigenvalue weighted by Gasteiger charge is -2.46. The van der Waals surface area contributed by atoms with Crippen LogP contribution in [0.15, 0.2) is 12.4 Å². The third kappa shape index (κ3) is 11.1. The quantitative estimate of drug-likeness (QED) is 0.0403. The second-order valence-corrected chi connectivity index (χ2v) is 17.1. The second kappa shape index (κ2) is 22.3. The molecule has 4 aromatic heterocycles. The number of piperazine rings is 1. The van der Waals surface area contributed by atoms with E-state index in [0.29, 0.717) is 49.2 Å². The van der Waals surface area contributed by atoms with Crippen LogP contribution in [0.2, 0.25) is 0 Å². The van der Waals surface area contributed by atoms with Crippen molar-refractivity contribution in [2.45, 2.75) is 112 Å². The third-order valence-corrected chi connectivity index (χ3v) is 11.9. The van der Waals surface area contributed by atoms with Crippen molar-refractivity contribution in [2.75, 3.05) is 74.3 Å². The molecule has 0 saturated carbocycles. The summed E-state index contributed by atoms with van der Waals surface area (Å²) in [5, 5.41) is 22.7. The van der Waals surface area contributed by atoms with Gasteiger partial charge in [-0.3, -0.25) is 14.8 Å². The number of carbonyl (C=O) groups is 3. The van der Waals surface area contributed by atoms with E-state index in [2.05, 4.69) is 75.2 Å². The van der Waals surface area contributed by atoms with Crippen molar-refractivity contribution in [3.05, 3.63) is 46.5 Å². The Labute approximate surface area is 397 Å². The molecule has 67 heavy (non-hydrogen) atoms. The molecule has 2 atom stereocenters. The number of halogens is 3. The van der Waals surface area contributed by atoms with Crippen LogP contribution in [0.1, 0.15) is 98.7 Å². The van der Waals surface area contributed by atoms with Gasteiger partial charge in [-0.05, 0) is 80.3 Å². The molecular weight excluding hydrogens is 893 g/mol. The predicted molar refractivity (Wildman–Crippen MR) is 252 cm³/mol. The number of urea groups is 1. The SMILES string of the molecule is C.CCNc1ncc(F)c(Nc2n[nH]c3c2CN(C(=O)N2C[C@H](C)N(CCCOC)C[C@@H]2C)C3(C)C)n1.CCNc1ncc(F)c(Nc2nn(C(=O)OCC)c3c2CN(C(=O)Cl)C3(C)C)n1.[B]. The molecule has 365 valence electrons. The van der Waals surface area contributed by atoms with Crippen LogP contribution < -0.4 is 21.3 Å². The molecule has 0 bridgehead atoms. The number of ether oxygens (including phenoxy) is 2. The van der Waals surface area contributed by atoms with E-state index in [-0.39, 0.29) is 70.5 Å². The maximum Gasteiger partial charge on any atom is 0.435 e. The first-order valence-corrected chi connectivity index (χ1v) is 22.0. The van der Waals surface area contributed by atoms with Gasteiger partial charge in [-0.25, -0.2) is 28.3 Å². The Morgan fingerprint density at radius 2 is 1.43 bits per heavy atom. The van der Waals surface area contributed by atoms with Gasteiger partial charge in [-0.15, -0.1) is 5.10 Å². The summed E-state index contributed by atoms with van der Waals surface area (Å²) in [7, 11) is 1.72. The first-order chi connectivity index (χ1) is 30.9. The number of anilines is 6. The van der Waals surface area contributed by atoms with Crippen LogP contribution >= 0.6 is 11.6 Å². The minimum absolute atomic E-state index is 0. The number of aromatic nitrogens is 8. The molecule has 3 amide bonds. The molecule has 5 N–H and O–H groups in total. The summed E-state index contributed by atoms with van der Waals surface area (Å²) in [4.78, 5) is 61.9. The average Bonchev–Trinajstić information content (AvgIpc) is 3.98. The van der Waals surface area contributed by atoms with Gasteiger partial charge < -0.3 is 45.4 Å². The Hall–Kier alpha value is -5.88.